The van der Waals surface area contributed by atoms with Crippen LogP contribution in [-0.4, -0.2) is 37.5 Å². The van der Waals surface area contributed by atoms with Gasteiger partial charge in [0.2, 0.25) is 11.8 Å². The van der Waals surface area contributed by atoms with Crippen molar-refractivity contribution in [2.24, 2.45) is 5.92 Å². The largest absolute Gasteiger partial charge is 0.354 e. The van der Waals surface area contributed by atoms with E-state index in [0.29, 0.717) is 25.3 Å². The summed E-state index contributed by atoms with van der Waals surface area (Å²) in [5.41, 5.74) is 0. The van der Waals surface area contributed by atoms with Gasteiger partial charge >= 0.3 is 0 Å². The fourth-order valence-electron chi connectivity index (χ4n) is 2.50. The van der Waals surface area contributed by atoms with Gasteiger partial charge in [-0.1, -0.05) is 0 Å². The molecule has 2 aliphatic heterocycles. The van der Waals surface area contributed by atoms with E-state index >= 15 is 0 Å². The number of nitrogens with one attached hydrogen (secondary N) is 3. The van der Waals surface area contributed by atoms with Crippen molar-refractivity contribution in [1.29, 1.82) is 0 Å². The maximum Gasteiger partial charge on any atom is 0.220 e. The molecule has 3 N–H and O–H groups in total. The summed E-state index contributed by atoms with van der Waals surface area (Å²) in [5, 5.41) is 9.09. The van der Waals surface area contributed by atoms with E-state index < -0.39 is 0 Å². The smallest absolute Gasteiger partial charge is 0.220 e. The summed E-state index contributed by atoms with van der Waals surface area (Å²) >= 11 is 0. The van der Waals surface area contributed by atoms with Gasteiger partial charge in [-0.05, 0) is 38.3 Å². The Bertz CT molecular complexity index is 277. The van der Waals surface area contributed by atoms with E-state index in [9.17, 15) is 9.59 Å². The molecule has 2 rings (SSSR count). The zero-order chi connectivity index (χ0) is 12.1. The van der Waals surface area contributed by atoms with Gasteiger partial charge in [0.25, 0.3) is 0 Å². The van der Waals surface area contributed by atoms with Crippen LogP contribution in [0.4, 0.5) is 0 Å². The van der Waals surface area contributed by atoms with Gasteiger partial charge in [0.15, 0.2) is 0 Å². The average molecular weight is 239 g/mol. The lowest BCUT2D eigenvalue weighted by Crippen LogP contribution is -2.48. The predicted octanol–water partition coefficient (Wildman–Crippen LogP) is -0.229. The molecule has 2 atom stereocenters. The summed E-state index contributed by atoms with van der Waals surface area (Å²) < 4.78 is 0. The van der Waals surface area contributed by atoms with Gasteiger partial charge in [0, 0.05) is 25.4 Å². The van der Waals surface area contributed by atoms with Crippen molar-refractivity contribution in [2.45, 2.75) is 38.1 Å². The maximum atomic E-state index is 11.8. The van der Waals surface area contributed by atoms with Crippen molar-refractivity contribution < 1.29 is 9.59 Å². The molecule has 0 aromatic carbocycles. The van der Waals surface area contributed by atoms with E-state index in [2.05, 4.69) is 16.0 Å². The van der Waals surface area contributed by atoms with Crippen LogP contribution in [0, 0.1) is 5.92 Å². The number of hydrogen-bond acceptors (Lipinski definition) is 3. The van der Waals surface area contributed by atoms with Crippen LogP contribution in [0.2, 0.25) is 0 Å². The van der Waals surface area contributed by atoms with Crippen molar-refractivity contribution in [3.05, 3.63) is 0 Å². The Morgan fingerprint density at radius 1 is 1.35 bits per heavy atom. The Kier molecular flexibility index (Phi) is 4.36. The van der Waals surface area contributed by atoms with Crippen molar-refractivity contribution in [3.63, 3.8) is 0 Å². The molecule has 2 unspecified atom stereocenters. The third-order valence-electron chi connectivity index (χ3n) is 3.50. The van der Waals surface area contributed by atoms with Crippen LogP contribution in [0.3, 0.4) is 0 Å². The van der Waals surface area contributed by atoms with E-state index in [0.717, 1.165) is 32.4 Å². The van der Waals surface area contributed by atoms with Crippen LogP contribution in [0.15, 0.2) is 0 Å². The van der Waals surface area contributed by atoms with Crippen LogP contribution in [0.25, 0.3) is 0 Å². The number of amides is 2. The zero-order valence-electron chi connectivity index (χ0n) is 10.1. The molecule has 5 nitrogen and oxygen atoms in total. The third kappa shape index (κ3) is 4.00. The first kappa shape index (κ1) is 12.4. The van der Waals surface area contributed by atoms with Gasteiger partial charge < -0.3 is 16.0 Å². The minimum atomic E-state index is 0.0898. The molecule has 0 aliphatic carbocycles. The van der Waals surface area contributed by atoms with Crippen LogP contribution in [-0.2, 0) is 9.59 Å². The lowest BCUT2D eigenvalue weighted by atomic mass is 9.95. The molecule has 2 fully saturated rings. The minimum Gasteiger partial charge on any atom is -0.354 e. The molecular formula is C12H21N3O2. The predicted molar refractivity (Wildman–Crippen MR) is 64.4 cm³/mol. The van der Waals surface area contributed by atoms with Crippen LogP contribution < -0.4 is 16.0 Å². The molecule has 0 radical (unpaired) electrons. The molecule has 2 aliphatic rings. The van der Waals surface area contributed by atoms with Crippen LogP contribution in [0.5, 0.6) is 0 Å². The summed E-state index contributed by atoms with van der Waals surface area (Å²) in [7, 11) is 0. The fraction of sp³-hybridized carbons (Fsp3) is 0.833. The lowest BCUT2D eigenvalue weighted by Gasteiger charge is -2.26. The summed E-state index contributed by atoms with van der Waals surface area (Å²) in [4.78, 5) is 22.8. The fourth-order valence-corrected chi connectivity index (χ4v) is 2.50. The molecule has 2 amide bonds. The van der Waals surface area contributed by atoms with Crippen LogP contribution >= 0.6 is 0 Å². The molecule has 5 heteroatoms. The second kappa shape index (κ2) is 6.00. The van der Waals surface area contributed by atoms with Crippen LogP contribution in [0.1, 0.15) is 32.1 Å². The Balaban J connectivity index is 1.67. The second-order valence-corrected chi connectivity index (χ2v) is 5.02. The molecular weight excluding hydrogens is 218 g/mol. The number of carbonyl (C=O) groups is 2. The molecule has 96 valence electrons. The summed E-state index contributed by atoms with van der Waals surface area (Å²) in [6.07, 6.45) is 4.20. The topological polar surface area (TPSA) is 70.2 Å². The first-order valence-corrected chi connectivity index (χ1v) is 6.51. The van der Waals surface area contributed by atoms with E-state index in [-0.39, 0.29) is 17.9 Å². The first-order valence-electron chi connectivity index (χ1n) is 6.51. The normalized spacial score (nSPS) is 29.5. The molecule has 2 heterocycles. The molecule has 0 aromatic rings. The number of carbonyl (C=O) groups excluding carboxylic acids is 2. The van der Waals surface area contributed by atoms with Crippen molar-refractivity contribution in [3.8, 4) is 0 Å². The number of rotatable bonds is 3. The molecule has 0 bridgehead atoms. The SMILES string of the molecule is O=C1CCC(NC(=O)CC2CCCNC2)CN1. The van der Waals surface area contributed by atoms with E-state index in [1.807, 2.05) is 0 Å². The van der Waals surface area contributed by atoms with Crippen molar-refractivity contribution >= 4 is 11.8 Å². The lowest BCUT2D eigenvalue weighted by molar-refractivity contribution is -0.126. The van der Waals surface area contributed by atoms with E-state index in [4.69, 9.17) is 0 Å². The van der Waals surface area contributed by atoms with E-state index in [1.54, 1.807) is 0 Å². The Hall–Kier alpha value is -1.10. The minimum absolute atomic E-state index is 0.0898. The molecule has 0 spiro atoms. The standard InChI is InChI=1S/C12H21N3O2/c16-11-4-3-10(8-14-11)15-12(17)6-9-2-1-5-13-7-9/h9-10,13H,1-8H2,(H,14,16)(H,15,17). The Morgan fingerprint density at radius 3 is 2.88 bits per heavy atom. The highest BCUT2D eigenvalue weighted by molar-refractivity contribution is 5.79. The van der Waals surface area contributed by atoms with Gasteiger partial charge in [-0.25, -0.2) is 0 Å². The third-order valence-corrected chi connectivity index (χ3v) is 3.50. The molecule has 0 saturated carbocycles. The van der Waals surface area contributed by atoms with Crippen molar-refractivity contribution in [2.75, 3.05) is 19.6 Å². The van der Waals surface area contributed by atoms with Crippen molar-refractivity contribution in [1.82, 2.24) is 16.0 Å². The highest BCUT2D eigenvalue weighted by atomic mass is 16.2. The monoisotopic (exact) mass is 239 g/mol. The van der Waals surface area contributed by atoms with Gasteiger partial charge in [-0.15, -0.1) is 0 Å². The highest BCUT2D eigenvalue weighted by Crippen LogP contribution is 2.14. The van der Waals surface area contributed by atoms with Gasteiger partial charge in [-0.2, -0.15) is 0 Å². The Morgan fingerprint density at radius 2 is 2.24 bits per heavy atom. The maximum absolute atomic E-state index is 11.8. The molecule has 2 saturated heterocycles. The quantitative estimate of drug-likeness (QED) is 0.637. The summed E-state index contributed by atoms with van der Waals surface area (Å²) in [6.45, 7) is 2.61. The zero-order valence-corrected chi connectivity index (χ0v) is 10.1. The van der Waals surface area contributed by atoms with Gasteiger partial charge in [0.1, 0.15) is 0 Å². The highest BCUT2D eigenvalue weighted by Gasteiger charge is 2.22. The number of piperidine rings is 2. The molecule has 0 aromatic heterocycles. The summed E-state index contributed by atoms with van der Waals surface area (Å²) in [5.74, 6) is 0.689. The molecule has 17 heavy (non-hydrogen) atoms. The summed E-state index contributed by atoms with van der Waals surface area (Å²) in [6, 6.07) is 0.122. The first-order chi connectivity index (χ1) is 8.24. The van der Waals surface area contributed by atoms with E-state index in [1.165, 1.54) is 0 Å². The van der Waals surface area contributed by atoms with Gasteiger partial charge in [-0.3, -0.25) is 9.59 Å². The van der Waals surface area contributed by atoms with Gasteiger partial charge in [0.05, 0.1) is 0 Å². The average Bonchev–Trinajstić information content (AvgIpc) is 2.33. The second-order valence-electron chi connectivity index (χ2n) is 5.02. The Labute approximate surface area is 102 Å². The number of hydrogen-bond donors (Lipinski definition) is 3.